The van der Waals surface area contributed by atoms with Crippen LogP contribution in [-0.4, -0.2) is 117 Å². The third kappa shape index (κ3) is 10.4. The molecule has 6 aromatic heterocycles. The number of imidazole rings is 2. The van der Waals surface area contributed by atoms with E-state index in [1.165, 1.54) is 0 Å². The highest BCUT2D eigenvalue weighted by atomic mass is 35.5. The van der Waals surface area contributed by atoms with Gasteiger partial charge in [-0.3, -0.25) is 14.5 Å². The summed E-state index contributed by atoms with van der Waals surface area (Å²) in [6.45, 7) is 19.5. The summed E-state index contributed by atoms with van der Waals surface area (Å²) in [6, 6.07) is 3.92. The SMILES string of the molecule is CC1CNCC1c1nn2c(C3CCOCC3)ncc2c(=O)[nH]1.Cc1cc(C)nc(CCl)n1.Cc1cc(C)nc(CN2CC(C)C(c3nn4c(C5CCOCC5)ncc4c(=O)[nH]3)C2)n1. The molecular weight excluding hydrogens is 824 g/mol. The van der Waals surface area contributed by atoms with Crippen LogP contribution in [0.3, 0.4) is 0 Å². The summed E-state index contributed by atoms with van der Waals surface area (Å²) in [5.74, 6) is 7.03. The third-order valence-electron chi connectivity index (χ3n) is 12.5. The minimum absolute atomic E-state index is 0.102. The molecule has 4 saturated heterocycles. The number of hydrogen-bond acceptors (Lipinski definition) is 14. The number of nitrogens with one attached hydrogen (secondary N) is 3. The van der Waals surface area contributed by atoms with Crippen LogP contribution in [0.1, 0.15) is 121 Å². The summed E-state index contributed by atoms with van der Waals surface area (Å²) in [5, 5.41) is 13.0. The molecule has 4 unspecified atom stereocenters. The second kappa shape index (κ2) is 19.8. The molecule has 0 bridgehead atoms. The molecule has 4 atom stereocenters. The predicted molar refractivity (Wildman–Crippen MR) is 237 cm³/mol. The topological polar surface area (TPSA) is 211 Å². The average Bonchev–Trinajstić information content (AvgIpc) is 4.07. The molecule has 63 heavy (non-hydrogen) atoms. The van der Waals surface area contributed by atoms with Crippen molar-refractivity contribution in [3.63, 3.8) is 0 Å². The van der Waals surface area contributed by atoms with Gasteiger partial charge in [0, 0.05) is 92.5 Å². The quantitative estimate of drug-likeness (QED) is 0.190. The zero-order valence-corrected chi connectivity index (χ0v) is 37.9. The molecule has 10 heterocycles. The van der Waals surface area contributed by atoms with Crippen molar-refractivity contribution in [1.82, 2.24) is 69.3 Å². The molecule has 6 aromatic rings. The summed E-state index contributed by atoms with van der Waals surface area (Å²) in [4.78, 5) is 59.9. The van der Waals surface area contributed by atoms with Crippen molar-refractivity contribution in [2.45, 2.75) is 103 Å². The Kier molecular flexibility index (Phi) is 14.0. The van der Waals surface area contributed by atoms with E-state index in [4.69, 9.17) is 31.3 Å². The lowest BCUT2D eigenvalue weighted by Gasteiger charge is -2.21. The number of halogens is 1. The Morgan fingerprint density at radius 2 is 1.13 bits per heavy atom. The van der Waals surface area contributed by atoms with Crippen LogP contribution in [0.15, 0.2) is 34.1 Å². The number of alkyl halides is 1. The predicted octanol–water partition coefficient (Wildman–Crippen LogP) is 4.42. The van der Waals surface area contributed by atoms with Crippen LogP contribution in [0.5, 0.6) is 0 Å². The van der Waals surface area contributed by atoms with Gasteiger partial charge in [0.05, 0.1) is 24.8 Å². The van der Waals surface area contributed by atoms with E-state index in [2.05, 4.69) is 63.9 Å². The summed E-state index contributed by atoms with van der Waals surface area (Å²) in [5.41, 5.74) is 4.74. The van der Waals surface area contributed by atoms with E-state index in [0.717, 1.165) is 130 Å². The Morgan fingerprint density at radius 3 is 1.59 bits per heavy atom. The highest BCUT2D eigenvalue weighted by Crippen LogP contribution is 2.32. The maximum Gasteiger partial charge on any atom is 0.276 e. The first kappa shape index (κ1) is 44.6. The first-order chi connectivity index (χ1) is 30.4. The van der Waals surface area contributed by atoms with Gasteiger partial charge in [-0.1, -0.05) is 13.8 Å². The number of aromatic amines is 2. The highest BCUT2D eigenvalue weighted by molar-refractivity contribution is 6.16. The first-order valence-corrected chi connectivity index (χ1v) is 22.7. The van der Waals surface area contributed by atoms with Crippen LogP contribution < -0.4 is 16.4 Å². The number of aromatic nitrogens is 12. The molecule has 0 spiro atoms. The molecule has 0 saturated carbocycles. The molecule has 0 radical (unpaired) electrons. The number of H-pyrrole nitrogens is 2. The first-order valence-electron chi connectivity index (χ1n) is 22.2. The zero-order chi connectivity index (χ0) is 44.2. The fourth-order valence-electron chi connectivity index (χ4n) is 9.32. The van der Waals surface area contributed by atoms with Crippen LogP contribution in [0.2, 0.25) is 0 Å². The van der Waals surface area contributed by atoms with Crippen LogP contribution in [0, 0.1) is 39.5 Å². The van der Waals surface area contributed by atoms with E-state index in [0.29, 0.717) is 47.0 Å². The van der Waals surface area contributed by atoms with E-state index < -0.39 is 0 Å². The van der Waals surface area contributed by atoms with Gasteiger partial charge in [0.1, 0.15) is 34.9 Å². The average molecular weight is 884 g/mol. The number of likely N-dealkylation sites (tertiary alicyclic amines) is 1. The van der Waals surface area contributed by atoms with Crippen LogP contribution in [-0.2, 0) is 21.9 Å². The highest BCUT2D eigenvalue weighted by Gasteiger charge is 2.34. The van der Waals surface area contributed by atoms with Gasteiger partial charge in [0.15, 0.2) is 11.0 Å². The van der Waals surface area contributed by atoms with Gasteiger partial charge in [-0.15, -0.1) is 11.6 Å². The minimum atomic E-state index is -0.126. The van der Waals surface area contributed by atoms with Gasteiger partial charge < -0.3 is 24.8 Å². The number of aryl methyl sites for hydroxylation is 4. The van der Waals surface area contributed by atoms with Crippen LogP contribution >= 0.6 is 11.6 Å². The van der Waals surface area contributed by atoms with Crippen LogP contribution in [0.25, 0.3) is 11.0 Å². The number of hydrogen-bond donors (Lipinski definition) is 3. The van der Waals surface area contributed by atoms with Gasteiger partial charge in [-0.25, -0.2) is 38.9 Å². The molecule has 4 fully saturated rings. The maximum absolute atomic E-state index is 12.8. The van der Waals surface area contributed by atoms with Gasteiger partial charge in [0.25, 0.3) is 11.1 Å². The summed E-state index contributed by atoms with van der Waals surface area (Å²) < 4.78 is 14.4. The lowest BCUT2D eigenvalue weighted by Crippen LogP contribution is -2.24. The number of nitrogens with zero attached hydrogens (tertiary/aromatic N) is 11. The van der Waals surface area contributed by atoms with Crippen molar-refractivity contribution in [2.24, 2.45) is 11.8 Å². The smallest absolute Gasteiger partial charge is 0.276 e. The van der Waals surface area contributed by atoms with Crippen molar-refractivity contribution in [2.75, 3.05) is 52.6 Å². The molecule has 4 aliphatic rings. The standard InChI is InChI=1S/C22H29N7O2.C15H21N5O2.C7H9ClN2/c1-13-10-28(12-19-24-14(2)8-15(3)25-19)11-17(13)20-26-22(30)18-9-23-21(29(18)27-20)16-4-6-31-7-5-16;1-9-6-16-7-11(9)13-18-15(21)12-8-17-14(20(12)19-13)10-2-4-22-5-3-10;1-5-3-6(2)10-7(4-8)9-5/h8-9,13,16-17H,4-7,10-12H2,1-3H3,(H,26,27,30);8-11,16H,2-7H2,1H3,(H,18,19,21);3H,4H2,1-2H3. The molecule has 3 N–H and O–H groups in total. The Morgan fingerprint density at radius 1 is 0.651 bits per heavy atom. The second-order valence-electron chi connectivity index (χ2n) is 17.6. The molecule has 10 rings (SSSR count). The van der Waals surface area contributed by atoms with E-state index in [1.807, 2.05) is 39.8 Å². The molecular formula is C44H59ClN14O4. The Bertz CT molecular complexity index is 2590. The zero-order valence-electron chi connectivity index (χ0n) is 37.1. The van der Waals surface area contributed by atoms with Crippen molar-refractivity contribution in [3.8, 4) is 0 Å². The second-order valence-corrected chi connectivity index (χ2v) is 17.8. The number of ether oxygens (including phenoxy) is 2. The van der Waals surface area contributed by atoms with E-state index in [-0.39, 0.29) is 28.9 Å². The molecule has 0 aromatic carbocycles. The fourth-order valence-corrected chi connectivity index (χ4v) is 9.44. The summed E-state index contributed by atoms with van der Waals surface area (Å²) in [7, 11) is 0. The van der Waals surface area contributed by atoms with Gasteiger partial charge in [0.2, 0.25) is 0 Å². The molecule has 18 nitrogen and oxygen atoms in total. The number of fused-ring (bicyclic) bond motifs is 2. The minimum Gasteiger partial charge on any atom is -0.381 e. The maximum atomic E-state index is 12.8. The molecule has 4 aliphatic heterocycles. The molecule has 336 valence electrons. The summed E-state index contributed by atoms with van der Waals surface area (Å²) in [6.07, 6.45) is 6.96. The Hall–Kier alpha value is -5.01. The van der Waals surface area contributed by atoms with E-state index >= 15 is 0 Å². The van der Waals surface area contributed by atoms with Crippen molar-refractivity contribution in [1.29, 1.82) is 0 Å². The number of rotatable bonds is 7. The van der Waals surface area contributed by atoms with Crippen molar-refractivity contribution >= 4 is 22.6 Å². The molecule has 0 amide bonds. The van der Waals surface area contributed by atoms with Crippen molar-refractivity contribution in [3.05, 3.63) is 103 Å². The van der Waals surface area contributed by atoms with E-state index in [1.54, 1.807) is 21.4 Å². The lowest BCUT2D eigenvalue weighted by atomic mass is 9.97. The summed E-state index contributed by atoms with van der Waals surface area (Å²) >= 11 is 5.55. The Labute approximate surface area is 371 Å². The lowest BCUT2D eigenvalue weighted by molar-refractivity contribution is 0.0831. The van der Waals surface area contributed by atoms with Gasteiger partial charge >= 0.3 is 0 Å². The van der Waals surface area contributed by atoms with E-state index in [9.17, 15) is 9.59 Å². The normalized spacial score (nSPS) is 22.3. The molecule has 19 heteroatoms. The van der Waals surface area contributed by atoms with Gasteiger partial charge in [-0.2, -0.15) is 10.2 Å². The third-order valence-corrected chi connectivity index (χ3v) is 12.8. The Balaban J connectivity index is 0.000000147. The molecule has 0 aliphatic carbocycles. The van der Waals surface area contributed by atoms with Gasteiger partial charge in [-0.05, 0) is 83.9 Å². The fraction of sp³-hybridized carbons (Fsp3) is 0.591. The van der Waals surface area contributed by atoms with Crippen LogP contribution in [0.4, 0.5) is 0 Å². The largest absolute Gasteiger partial charge is 0.381 e. The monoisotopic (exact) mass is 882 g/mol. The van der Waals surface area contributed by atoms with Crippen molar-refractivity contribution < 1.29 is 9.47 Å².